The minimum absolute atomic E-state index is 0.492. The van der Waals surface area contributed by atoms with Crippen molar-refractivity contribution < 1.29 is 4.74 Å². The third kappa shape index (κ3) is 2.81. The number of aromatic nitrogens is 1. The van der Waals surface area contributed by atoms with Crippen LogP contribution < -0.4 is 0 Å². The molecule has 0 unspecified atom stereocenters. The summed E-state index contributed by atoms with van der Waals surface area (Å²) in [5.74, 6) is 6.85. The van der Waals surface area contributed by atoms with E-state index in [-0.39, 0.29) is 0 Å². The first-order chi connectivity index (χ1) is 6.84. The zero-order chi connectivity index (χ0) is 9.80. The monoisotopic (exact) mass is 271 g/mol. The van der Waals surface area contributed by atoms with Crippen LogP contribution in [-0.4, -0.2) is 18.2 Å². The van der Waals surface area contributed by atoms with Crippen LogP contribution in [0.3, 0.4) is 0 Å². The molecule has 0 bridgehead atoms. The van der Waals surface area contributed by atoms with Crippen LogP contribution in [0.5, 0.6) is 0 Å². The van der Waals surface area contributed by atoms with E-state index in [4.69, 9.17) is 4.74 Å². The Balaban J connectivity index is 1.98. The highest BCUT2D eigenvalue weighted by atomic mass is 79.9. The second-order valence-electron chi connectivity index (χ2n) is 3.13. The smallest absolute Gasteiger partial charge is 0.167 e. The molecule has 0 radical (unpaired) electrons. The van der Waals surface area contributed by atoms with Gasteiger partial charge in [-0.3, -0.25) is 0 Å². The lowest BCUT2D eigenvalue weighted by atomic mass is 10.0. The summed E-state index contributed by atoms with van der Waals surface area (Å²) in [6.45, 7) is 1.70. The Morgan fingerprint density at radius 1 is 1.50 bits per heavy atom. The highest BCUT2D eigenvalue weighted by molar-refractivity contribution is 9.11. The minimum atomic E-state index is 0.492. The van der Waals surface area contributed by atoms with Gasteiger partial charge in [0.05, 0.1) is 9.98 Å². The second kappa shape index (κ2) is 4.92. The fourth-order valence-electron chi connectivity index (χ4n) is 1.32. The van der Waals surface area contributed by atoms with E-state index < -0.39 is 0 Å². The highest BCUT2D eigenvalue weighted by Crippen LogP contribution is 2.19. The first-order valence-corrected chi connectivity index (χ1v) is 6.16. The molecule has 1 saturated heterocycles. The van der Waals surface area contributed by atoms with E-state index in [1.807, 2.05) is 0 Å². The fraction of sp³-hybridized carbons (Fsp3) is 0.500. The van der Waals surface area contributed by atoms with Crippen molar-refractivity contribution in [3.8, 4) is 11.8 Å². The lowest BCUT2D eigenvalue weighted by Gasteiger charge is -2.16. The Morgan fingerprint density at radius 3 is 2.93 bits per heavy atom. The van der Waals surface area contributed by atoms with Crippen LogP contribution in [0.2, 0.25) is 0 Å². The summed E-state index contributed by atoms with van der Waals surface area (Å²) >= 11 is 4.94. The van der Waals surface area contributed by atoms with Gasteiger partial charge in [0.1, 0.15) is 0 Å². The quantitative estimate of drug-likeness (QED) is 0.677. The Kier molecular flexibility index (Phi) is 3.57. The molecule has 1 aliphatic rings. The van der Waals surface area contributed by atoms with E-state index in [1.165, 1.54) is 0 Å². The van der Waals surface area contributed by atoms with Crippen LogP contribution in [0.1, 0.15) is 17.8 Å². The molecule has 74 valence electrons. The first-order valence-electron chi connectivity index (χ1n) is 4.55. The van der Waals surface area contributed by atoms with Crippen LogP contribution in [0.15, 0.2) is 9.98 Å². The molecule has 2 nitrogen and oxygen atoms in total. The van der Waals surface area contributed by atoms with Gasteiger partial charge >= 0.3 is 0 Å². The van der Waals surface area contributed by atoms with Crippen molar-refractivity contribution in [2.45, 2.75) is 12.8 Å². The summed E-state index contributed by atoms with van der Waals surface area (Å²) in [6.07, 6.45) is 3.90. The van der Waals surface area contributed by atoms with Crippen LogP contribution in [0, 0.1) is 17.8 Å². The zero-order valence-corrected chi connectivity index (χ0v) is 10.0. The van der Waals surface area contributed by atoms with Crippen LogP contribution >= 0.6 is 27.3 Å². The molecule has 0 aliphatic carbocycles. The van der Waals surface area contributed by atoms with E-state index in [2.05, 4.69) is 32.8 Å². The van der Waals surface area contributed by atoms with Crippen LogP contribution in [-0.2, 0) is 4.74 Å². The zero-order valence-electron chi connectivity index (χ0n) is 7.62. The Morgan fingerprint density at radius 2 is 2.29 bits per heavy atom. The number of thiazole rings is 1. The summed E-state index contributed by atoms with van der Waals surface area (Å²) in [4.78, 5) is 4.17. The molecule has 0 saturated carbocycles. The molecular weight excluding hydrogens is 262 g/mol. The average molecular weight is 272 g/mol. The standard InChI is InChI=1S/C10H10BrNOS/c11-9-7-12-10(14-9)2-1-8-3-5-13-6-4-8/h7-8H,3-6H2. The molecule has 2 rings (SSSR count). The molecule has 1 aromatic heterocycles. The predicted molar refractivity (Wildman–Crippen MR) is 60.2 cm³/mol. The van der Waals surface area contributed by atoms with E-state index in [0.717, 1.165) is 34.8 Å². The molecule has 0 amide bonds. The maximum atomic E-state index is 5.27. The molecule has 0 spiro atoms. The van der Waals surface area contributed by atoms with Gasteiger partial charge in [0.25, 0.3) is 0 Å². The molecule has 2 heterocycles. The first kappa shape index (κ1) is 10.2. The van der Waals surface area contributed by atoms with E-state index in [9.17, 15) is 0 Å². The summed E-state index contributed by atoms with van der Waals surface area (Å²) in [6, 6.07) is 0. The average Bonchev–Trinajstić information content (AvgIpc) is 2.63. The Labute approximate surface area is 95.8 Å². The molecule has 14 heavy (non-hydrogen) atoms. The van der Waals surface area contributed by atoms with Crippen molar-refractivity contribution in [1.29, 1.82) is 0 Å². The molecule has 1 aromatic rings. The van der Waals surface area contributed by atoms with Gasteiger partial charge in [-0.25, -0.2) is 4.98 Å². The normalized spacial score (nSPS) is 17.5. The van der Waals surface area contributed by atoms with E-state index >= 15 is 0 Å². The molecular formula is C10H10BrNOS. The number of halogens is 1. The number of rotatable bonds is 0. The third-order valence-corrected chi connectivity index (χ3v) is 3.47. The number of nitrogens with zero attached hydrogens (tertiary/aromatic N) is 1. The van der Waals surface area contributed by atoms with E-state index in [1.54, 1.807) is 17.5 Å². The Bertz CT molecular complexity index is 360. The topological polar surface area (TPSA) is 22.1 Å². The highest BCUT2D eigenvalue weighted by Gasteiger charge is 2.10. The van der Waals surface area contributed by atoms with Crippen molar-refractivity contribution in [2.24, 2.45) is 5.92 Å². The summed E-state index contributed by atoms with van der Waals surface area (Å²) in [7, 11) is 0. The predicted octanol–water partition coefficient (Wildman–Crippen LogP) is 2.68. The van der Waals surface area contributed by atoms with Crippen LogP contribution in [0.4, 0.5) is 0 Å². The SMILES string of the molecule is Brc1cnc(C#CC2CCOCC2)s1. The van der Waals surface area contributed by atoms with Crippen molar-refractivity contribution in [1.82, 2.24) is 4.98 Å². The number of ether oxygens (including phenoxy) is 1. The van der Waals surface area contributed by atoms with Crippen molar-refractivity contribution in [2.75, 3.05) is 13.2 Å². The maximum absolute atomic E-state index is 5.27. The molecule has 0 aromatic carbocycles. The van der Waals surface area contributed by atoms with E-state index in [0.29, 0.717) is 5.92 Å². The molecule has 4 heteroatoms. The van der Waals surface area contributed by atoms with Crippen molar-refractivity contribution in [3.05, 3.63) is 15.0 Å². The molecule has 0 N–H and O–H groups in total. The maximum Gasteiger partial charge on any atom is 0.167 e. The van der Waals surface area contributed by atoms with Gasteiger partial charge in [0.2, 0.25) is 0 Å². The van der Waals surface area contributed by atoms with Gasteiger partial charge in [-0.05, 0) is 34.7 Å². The second-order valence-corrected chi connectivity index (χ2v) is 5.54. The summed E-state index contributed by atoms with van der Waals surface area (Å²) in [5.41, 5.74) is 0. The van der Waals surface area contributed by atoms with Gasteiger partial charge < -0.3 is 4.74 Å². The lowest BCUT2D eigenvalue weighted by Crippen LogP contribution is -2.13. The summed E-state index contributed by atoms with van der Waals surface area (Å²) in [5, 5.41) is 0.892. The van der Waals surface area contributed by atoms with Crippen LogP contribution in [0.25, 0.3) is 0 Å². The van der Waals surface area contributed by atoms with Gasteiger partial charge in [0.15, 0.2) is 5.01 Å². The Hall–Kier alpha value is -0.370. The van der Waals surface area contributed by atoms with Crippen molar-refractivity contribution >= 4 is 27.3 Å². The number of hydrogen-bond acceptors (Lipinski definition) is 3. The lowest BCUT2D eigenvalue weighted by molar-refractivity contribution is 0.0807. The summed E-state index contributed by atoms with van der Waals surface area (Å²) < 4.78 is 6.30. The third-order valence-electron chi connectivity index (χ3n) is 2.08. The number of hydrogen-bond donors (Lipinski definition) is 0. The molecule has 1 fully saturated rings. The minimum Gasteiger partial charge on any atom is -0.381 e. The molecule has 1 aliphatic heterocycles. The molecule has 0 atom stereocenters. The fourth-order valence-corrected chi connectivity index (χ4v) is 2.39. The van der Waals surface area contributed by atoms with Crippen molar-refractivity contribution in [3.63, 3.8) is 0 Å². The van der Waals surface area contributed by atoms with Gasteiger partial charge in [0, 0.05) is 19.1 Å². The largest absolute Gasteiger partial charge is 0.381 e. The van der Waals surface area contributed by atoms with Gasteiger partial charge in [-0.1, -0.05) is 17.3 Å². The van der Waals surface area contributed by atoms with Gasteiger partial charge in [-0.15, -0.1) is 0 Å². The van der Waals surface area contributed by atoms with Gasteiger partial charge in [-0.2, -0.15) is 0 Å².